The van der Waals surface area contributed by atoms with Gasteiger partial charge in [-0.3, -0.25) is 9.89 Å². The minimum atomic E-state index is 0.502. The summed E-state index contributed by atoms with van der Waals surface area (Å²) in [6.45, 7) is 8.48. The van der Waals surface area contributed by atoms with E-state index >= 15 is 0 Å². The lowest BCUT2D eigenvalue weighted by Crippen LogP contribution is -2.47. The second kappa shape index (κ2) is 6.69. The van der Waals surface area contributed by atoms with E-state index in [-0.39, 0.29) is 0 Å². The third-order valence-corrected chi connectivity index (χ3v) is 4.82. The molecule has 0 amide bonds. The lowest BCUT2D eigenvalue weighted by molar-refractivity contribution is 0.315. The number of imidazole rings is 1. The van der Waals surface area contributed by atoms with Crippen LogP contribution in [0.1, 0.15) is 25.6 Å². The van der Waals surface area contributed by atoms with Gasteiger partial charge in [0, 0.05) is 57.7 Å². The molecule has 0 radical (unpaired) electrons. The van der Waals surface area contributed by atoms with Crippen LogP contribution in [0.5, 0.6) is 0 Å². The van der Waals surface area contributed by atoms with E-state index in [0.29, 0.717) is 12.0 Å². The largest absolute Gasteiger partial charge is 0.355 e. The SMILES string of the molecule is CN=C(NCCn1ccnc1C)NC1CN(C2CC2)CC1C. The van der Waals surface area contributed by atoms with Gasteiger partial charge in [0.15, 0.2) is 5.96 Å². The second-order valence-electron chi connectivity index (χ2n) is 6.58. The molecule has 6 heteroatoms. The standard InChI is InChI=1S/C16H28N6/c1-12-10-22(14-4-5-14)11-15(12)20-16(17-3)19-7-9-21-8-6-18-13(21)2/h6,8,12,14-15H,4-5,7,9-11H2,1-3H3,(H2,17,19,20). The monoisotopic (exact) mass is 304 g/mol. The van der Waals surface area contributed by atoms with Gasteiger partial charge in [0.05, 0.1) is 0 Å². The minimum Gasteiger partial charge on any atom is -0.355 e. The van der Waals surface area contributed by atoms with Gasteiger partial charge in [0.2, 0.25) is 0 Å². The fourth-order valence-electron chi connectivity index (χ4n) is 3.24. The van der Waals surface area contributed by atoms with Crippen molar-refractivity contribution in [2.24, 2.45) is 10.9 Å². The molecule has 1 aliphatic heterocycles. The molecule has 2 heterocycles. The number of hydrogen-bond donors (Lipinski definition) is 2. The number of aliphatic imine (C=N–C) groups is 1. The Bertz CT molecular complexity index is 518. The first-order valence-corrected chi connectivity index (χ1v) is 8.36. The third-order valence-electron chi connectivity index (χ3n) is 4.82. The number of aryl methyl sites for hydroxylation is 1. The van der Waals surface area contributed by atoms with E-state index in [1.54, 1.807) is 0 Å². The lowest BCUT2D eigenvalue weighted by Gasteiger charge is -2.20. The molecule has 22 heavy (non-hydrogen) atoms. The number of nitrogens with zero attached hydrogens (tertiary/aromatic N) is 4. The molecule has 1 saturated carbocycles. The van der Waals surface area contributed by atoms with Crippen molar-refractivity contribution in [3.05, 3.63) is 18.2 Å². The van der Waals surface area contributed by atoms with Crippen LogP contribution in [0, 0.1) is 12.8 Å². The smallest absolute Gasteiger partial charge is 0.191 e. The van der Waals surface area contributed by atoms with Gasteiger partial charge in [-0.05, 0) is 25.7 Å². The van der Waals surface area contributed by atoms with E-state index in [1.807, 2.05) is 26.4 Å². The van der Waals surface area contributed by atoms with Crippen molar-refractivity contribution < 1.29 is 0 Å². The first-order valence-electron chi connectivity index (χ1n) is 8.36. The summed E-state index contributed by atoms with van der Waals surface area (Å²) in [5, 5.41) is 7.01. The molecule has 2 atom stereocenters. The molecule has 2 N–H and O–H groups in total. The number of aromatic nitrogens is 2. The van der Waals surface area contributed by atoms with Crippen molar-refractivity contribution in [2.45, 2.75) is 45.3 Å². The Morgan fingerprint density at radius 3 is 2.86 bits per heavy atom. The zero-order valence-corrected chi connectivity index (χ0v) is 13.9. The van der Waals surface area contributed by atoms with E-state index in [2.05, 4.69) is 37.0 Å². The van der Waals surface area contributed by atoms with Gasteiger partial charge < -0.3 is 15.2 Å². The number of hydrogen-bond acceptors (Lipinski definition) is 3. The molecule has 2 fully saturated rings. The lowest BCUT2D eigenvalue weighted by atomic mass is 10.1. The molecule has 1 saturated heterocycles. The molecule has 0 bridgehead atoms. The fraction of sp³-hybridized carbons (Fsp3) is 0.750. The highest BCUT2D eigenvalue weighted by Gasteiger charge is 2.38. The van der Waals surface area contributed by atoms with Gasteiger partial charge in [-0.2, -0.15) is 0 Å². The van der Waals surface area contributed by atoms with Crippen LogP contribution < -0.4 is 10.6 Å². The molecule has 2 unspecified atom stereocenters. The molecule has 122 valence electrons. The van der Waals surface area contributed by atoms with Gasteiger partial charge in [-0.25, -0.2) is 4.98 Å². The number of rotatable bonds is 5. The zero-order chi connectivity index (χ0) is 15.5. The van der Waals surface area contributed by atoms with Crippen LogP contribution in [0.4, 0.5) is 0 Å². The summed E-state index contributed by atoms with van der Waals surface area (Å²) >= 11 is 0. The van der Waals surface area contributed by atoms with Crippen LogP contribution in [0.2, 0.25) is 0 Å². The van der Waals surface area contributed by atoms with Crippen molar-refractivity contribution in [2.75, 3.05) is 26.7 Å². The van der Waals surface area contributed by atoms with Gasteiger partial charge in [-0.15, -0.1) is 0 Å². The Balaban J connectivity index is 1.44. The van der Waals surface area contributed by atoms with E-state index in [4.69, 9.17) is 0 Å². The highest BCUT2D eigenvalue weighted by Crippen LogP contribution is 2.31. The highest BCUT2D eigenvalue weighted by atomic mass is 15.3. The topological polar surface area (TPSA) is 57.5 Å². The van der Waals surface area contributed by atoms with Gasteiger partial charge in [0.1, 0.15) is 5.82 Å². The Kier molecular flexibility index (Phi) is 4.66. The van der Waals surface area contributed by atoms with Crippen LogP contribution >= 0.6 is 0 Å². The van der Waals surface area contributed by atoms with Gasteiger partial charge in [-0.1, -0.05) is 6.92 Å². The Labute approximate surface area is 133 Å². The van der Waals surface area contributed by atoms with E-state index in [9.17, 15) is 0 Å². The van der Waals surface area contributed by atoms with E-state index in [0.717, 1.165) is 37.5 Å². The summed E-state index contributed by atoms with van der Waals surface area (Å²) < 4.78 is 2.15. The van der Waals surface area contributed by atoms with Crippen molar-refractivity contribution >= 4 is 5.96 Å². The van der Waals surface area contributed by atoms with Crippen LogP contribution in [0.15, 0.2) is 17.4 Å². The summed E-state index contributed by atoms with van der Waals surface area (Å²) in [6.07, 6.45) is 6.63. The average molecular weight is 304 g/mol. The van der Waals surface area contributed by atoms with Crippen LogP contribution in [-0.2, 0) is 6.54 Å². The Hall–Kier alpha value is -1.56. The van der Waals surface area contributed by atoms with Crippen LogP contribution in [0.3, 0.4) is 0 Å². The Morgan fingerprint density at radius 1 is 1.41 bits per heavy atom. The molecule has 6 nitrogen and oxygen atoms in total. The first-order chi connectivity index (χ1) is 10.7. The van der Waals surface area contributed by atoms with E-state index < -0.39 is 0 Å². The molecule has 2 aliphatic rings. The van der Waals surface area contributed by atoms with Crippen molar-refractivity contribution in [1.29, 1.82) is 0 Å². The summed E-state index contributed by atoms with van der Waals surface area (Å²) in [5.74, 6) is 2.64. The number of guanidine groups is 1. The van der Waals surface area contributed by atoms with Crippen molar-refractivity contribution in [3.8, 4) is 0 Å². The fourth-order valence-corrected chi connectivity index (χ4v) is 3.24. The maximum Gasteiger partial charge on any atom is 0.191 e. The predicted octanol–water partition coefficient (Wildman–Crippen LogP) is 0.839. The second-order valence-corrected chi connectivity index (χ2v) is 6.58. The zero-order valence-electron chi connectivity index (χ0n) is 13.9. The summed E-state index contributed by atoms with van der Waals surface area (Å²) in [7, 11) is 1.84. The number of nitrogens with one attached hydrogen (secondary N) is 2. The molecule has 0 spiro atoms. The highest BCUT2D eigenvalue weighted by molar-refractivity contribution is 5.80. The number of likely N-dealkylation sites (tertiary alicyclic amines) is 1. The Morgan fingerprint density at radius 2 is 2.23 bits per heavy atom. The summed E-state index contributed by atoms with van der Waals surface area (Å²) in [5.41, 5.74) is 0. The predicted molar refractivity (Wildman–Crippen MR) is 89.0 cm³/mol. The van der Waals surface area contributed by atoms with Crippen LogP contribution in [0.25, 0.3) is 0 Å². The molecule has 1 aromatic rings. The maximum atomic E-state index is 4.36. The maximum absolute atomic E-state index is 4.36. The van der Waals surface area contributed by atoms with E-state index in [1.165, 1.54) is 19.4 Å². The van der Waals surface area contributed by atoms with Gasteiger partial charge >= 0.3 is 0 Å². The molecule has 1 aromatic heterocycles. The van der Waals surface area contributed by atoms with Gasteiger partial charge in [0.25, 0.3) is 0 Å². The average Bonchev–Trinajstić information content (AvgIpc) is 3.19. The molecular weight excluding hydrogens is 276 g/mol. The summed E-state index contributed by atoms with van der Waals surface area (Å²) in [4.78, 5) is 11.2. The molecule has 1 aliphatic carbocycles. The first kappa shape index (κ1) is 15.3. The van der Waals surface area contributed by atoms with Crippen molar-refractivity contribution in [1.82, 2.24) is 25.1 Å². The minimum absolute atomic E-state index is 0.502. The normalized spacial score (nSPS) is 26.4. The quantitative estimate of drug-likeness (QED) is 0.625. The molecule has 3 rings (SSSR count). The van der Waals surface area contributed by atoms with Crippen molar-refractivity contribution in [3.63, 3.8) is 0 Å². The molecular formula is C16H28N6. The van der Waals surface area contributed by atoms with Crippen LogP contribution in [-0.4, -0.2) is 59.2 Å². The summed E-state index contributed by atoms with van der Waals surface area (Å²) in [6, 6.07) is 1.36. The third kappa shape index (κ3) is 3.61. The molecule has 0 aromatic carbocycles.